The summed E-state index contributed by atoms with van der Waals surface area (Å²) in [6, 6.07) is 5.26. The molecule has 96 valence electrons. The van der Waals surface area contributed by atoms with Gasteiger partial charge in [-0.15, -0.1) is 0 Å². The molecule has 1 aromatic carbocycles. The van der Waals surface area contributed by atoms with Crippen LogP contribution in [0.15, 0.2) is 22.7 Å². The monoisotopic (exact) mass is 331 g/mol. The van der Waals surface area contributed by atoms with Gasteiger partial charge in [-0.2, -0.15) is 0 Å². The lowest BCUT2D eigenvalue weighted by molar-refractivity contribution is -0.145. The van der Waals surface area contributed by atoms with E-state index in [0.717, 1.165) is 4.47 Å². The third-order valence-corrected chi connectivity index (χ3v) is 4.11. The highest BCUT2D eigenvalue weighted by Gasteiger charge is 2.35. The van der Waals surface area contributed by atoms with Gasteiger partial charge in [-0.3, -0.25) is 9.59 Å². The zero-order valence-electron chi connectivity index (χ0n) is 9.65. The number of anilines is 1. The van der Waals surface area contributed by atoms with E-state index in [-0.39, 0.29) is 18.3 Å². The van der Waals surface area contributed by atoms with Gasteiger partial charge in [-0.1, -0.05) is 11.6 Å². The molecule has 1 amide bonds. The van der Waals surface area contributed by atoms with Crippen LogP contribution in [0.5, 0.6) is 0 Å². The Morgan fingerprint density at radius 1 is 1.56 bits per heavy atom. The van der Waals surface area contributed by atoms with Gasteiger partial charge in [-0.25, -0.2) is 0 Å². The van der Waals surface area contributed by atoms with Crippen molar-refractivity contribution < 1.29 is 14.3 Å². The molecule has 0 aliphatic carbocycles. The van der Waals surface area contributed by atoms with Gasteiger partial charge >= 0.3 is 5.97 Å². The van der Waals surface area contributed by atoms with Crippen LogP contribution in [0.2, 0.25) is 5.02 Å². The molecule has 0 aromatic heterocycles. The topological polar surface area (TPSA) is 46.6 Å². The molecule has 0 N–H and O–H groups in total. The van der Waals surface area contributed by atoms with E-state index < -0.39 is 5.92 Å². The number of halogens is 2. The molecule has 1 heterocycles. The number of carbonyl (C=O) groups is 2. The third-order valence-electron chi connectivity index (χ3n) is 2.87. The van der Waals surface area contributed by atoms with Crippen LogP contribution in [-0.4, -0.2) is 25.5 Å². The summed E-state index contributed by atoms with van der Waals surface area (Å²) in [6.07, 6.45) is 0.181. The van der Waals surface area contributed by atoms with Crippen molar-refractivity contribution in [1.82, 2.24) is 0 Å². The van der Waals surface area contributed by atoms with E-state index in [1.807, 2.05) is 0 Å². The Bertz CT molecular complexity index is 506. The van der Waals surface area contributed by atoms with E-state index in [4.69, 9.17) is 11.6 Å². The lowest BCUT2D eigenvalue weighted by atomic mass is 10.1. The number of hydrogen-bond donors (Lipinski definition) is 0. The van der Waals surface area contributed by atoms with Crippen LogP contribution in [0.25, 0.3) is 0 Å². The predicted octanol–water partition coefficient (Wildman–Crippen LogP) is 2.63. The summed E-state index contributed by atoms with van der Waals surface area (Å²) in [5.41, 5.74) is 0.694. The van der Waals surface area contributed by atoms with E-state index in [1.165, 1.54) is 7.11 Å². The summed E-state index contributed by atoms with van der Waals surface area (Å²) >= 11 is 9.28. The van der Waals surface area contributed by atoms with Crippen molar-refractivity contribution in [3.05, 3.63) is 27.7 Å². The maximum absolute atomic E-state index is 11.9. The van der Waals surface area contributed by atoms with Crippen molar-refractivity contribution in [2.75, 3.05) is 18.6 Å². The van der Waals surface area contributed by atoms with Crippen LogP contribution in [0.4, 0.5) is 5.69 Å². The van der Waals surface area contributed by atoms with E-state index >= 15 is 0 Å². The molecule has 1 fully saturated rings. The lowest BCUT2D eigenvalue weighted by Crippen LogP contribution is -2.26. The van der Waals surface area contributed by atoms with Crippen LogP contribution in [0, 0.1) is 5.92 Å². The SMILES string of the molecule is COC(=O)C1CC(=O)N(c2ccc(Br)c(Cl)c2)C1. The van der Waals surface area contributed by atoms with Gasteiger partial charge in [0.2, 0.25) is 5.91 Å². The number of methoxy groups -OCH3 is 1. The summed E-state index contributed by atoms with van der Waals surface area (Å²) < 4.78 is 5.43. The summed E-state index contributed by atoms with van der Waals surface area (Å²) in [6.45, 7) is 0.337. The van der Waals surface area contributed by atoms with Gasteiger partial charge in [0.05, 0.1) is 18.1 Å². The molecule has 2 rings (SSSR count). The van der Waals surface area contributed by atoms with Gasteiger partial charge in [0.15, 0.2) is 0 Å². The molecule has 1 aromatic rings. The van der Waals surface area contributed by atoms with Crippen molar-refractivity contribution in [1.29, 1.82) is 0 Å². The van der Waals surface area contributed by atoms with E-state index in [1.54, 1.807) is 23.1 Å². The van der Waals surface area contributed by atoms with Crippen LogP contribution in [0.3, 0.4) is 0 Å². The molecule has 1 atom stereocenters. The third kappa shape index (κ3) is 2.52. The van der Waals surface area contributed by atoms with Gasteiger partial charge < -0.3 is 9.64 Å². The summed E-state index contributed by atoms with van der Waals surface area (Å²) in [5, 5.41) is 0.529. The number of esters is 1. The zero-order chi connectivity index (χ0) is 13.3. The number of ether oxygens (including phenoxy) is 1. The summed E-state index contributed by atoms with van der Waals surface area (Å²) in [4.78, 5) is 24.8. The molecule has 0 bridgehead atoms. The normalized spacial score (nSPS) is 19.2. The molecule has 0 spiro atoms. The maximum atomic E-state index is 11.9. The number of amides is 1. The number of hydrogen-bond acceptors (Lipinski definition) is 3. The fourth-order valence-electron chi connectivity index (χ4n) is 1.93. The fourth-order valence-corrected chi connectivity index (χ4v) is 2.36. The average molecular weight is 333 g/mol. The Labute approximate surface area is 118 Å². The van der Waals surface area contributed by atoms with Crippen LogP contribution >= 0.6 is 27.5 Å². The standard InChI is InChI=1S/C12H11BrClNO3/c1-18-12(17)7-4-11(16)15(6-7)8-2-3-9(13)10(14)5-8/h2-3,5,7H,4,6H2,1H3. The van der Waals surface area contributed by atoms with Crippen LogP contribution in [-0.2, 0) is 14.3 Å². The molecular formula is C12H11BrClNO3. The second kappa shape index (κ2) is 5.28. The quantitative estimate of drug-likeness (QED) is 0.782. The maximum Gasteiger partial charge on any atom is 0.311 e. The first-order valence-electron chi connectivity index (χ1n) is 5.36. The molecule has 1 unspecified atom stereocenters. The van der Waals surface area contributed by atoms with E-state index in [9.17, 15) is 9.59 Å². The fraction of sp³-hybridized carbons (Fsp3) is 0.333. The van der Waals surface area contributed by atoms with Crippen LogP contribution in [0.1, 0.15) is 6.42 Å². The largest absolute Gasteiger partial charge is 0.469 e. The Kier molecular flexibility index (Phi) is 3.92. The molecule has 18 heavy (non-hydrogen) atoms. The van der Waals surface area contributed by atoms with Crippen molar-refractivity contribution >= 4 is 45.1 Å². The molecule has 1 aliphatic heterocycles. The summed E-state index contributed by atoms with van der Waals surface area (Å²) in [5.74, 6) is -0.845. The molecule has 1 aliphatic rings. The zero-order valence-corrected chi connectivity index (χ0v) is 12.0. The predicted molar refractivity (Wildman–Crippen MR) is 71.6 cm³/mol. The first kappa shape index (κ1) is 13.4. The molecule has 1 saturated heterocycles. The Hall–Kier alpha value is -1.07. The van der Waals surface area contributed by atoms with Gasteiger partial charge in [0, 0.05) is 23.1 Å². The van der Waals surface area contributed by atoms with Crippen molar-refractivity contribution in [2.45, 2.75) is 6.42 Å². The minimum absolute atomic E-state index is 0.0937. The van der Waals surface area contributed by atoms with Gasteiger partial charge in [0.1, 0.15) is 0 Å². The molecule has 4 nitrogen and oxygen atoms in total. The van der Waals surface area contributed by atoms with Crippen molar-refractivity contribution in [2.24, 2.45) is 5.92 Å². The second-order valence-corrected chi connectivity index (χ2v) is 5.29. The first-order valence-corrected chi connectivity index (χ1v) is 6.53. The van der Waals surface area contributed by atoms with Gasteiger partial charge in [0.25, 0.3) is 0 Å². The molecule has 0 saturated carbocycles. The smallest absolute Gasteiger partial charge is 0.311 e. The highest BCUT2D eigenvalue weighted by Crippen LogP contribution is 2.31. The average Bonchev–Trinajstić information content (AvgIpc) is 2.74. The molecule has 6 heteroatoms. The number of nitrogens with zero attached hydrogens (tertiary/aromatic N) is 1. The van der Waals surface area contributed by atoms with E-state index in [2.05, 4.69) is 20.7 Å². The van der Waals surface area contributed by atoms with Crippen LogP contribution < -0.4 is 4.90 Å². The minimum atomic E-state index is -0.398. The lowest BCUT2D eigenvalue weighted by Gasteiger charge is -2.16. The highest BCUT2D eigenvalue weighted by molar-refractivity contribution is 9.10. The van der Waals surface area contributed by atoms with Gasteiger partial charge in [-0.05, 0) is 34.1 Å². The number of rotatable bonds is 2. The number of carbonyl (C=O) groups excluding carboxylic acids is 2. The second-order valence-electron chi connectivity index (χ2n) is 4.03. The Morgan fingerprint density at radius 3 is 2.89 bits per heavy atom. The van der Waals surface area contributed by atoms with Crippen molar-refractivity contribution in [3.63, 3.8) is 0 Å². The van der Waals surface area contributed by atoms with Crippen molar-refractivity contribution in [3.8, 4) is 0 Å². The Balaban J connectivity index is 2.21. The minimum Gasteiger partial charge on any atom is -0.469 e. The Morgan fingerprint density at radius 2 is 2.28 bits per heavy atom. The van der Waals surface area contributed by atoms with E-state index in [0.29, 0.717) is 17.3 Å². The number of benzene rings is 1. The highest BCUT2D eigenvalue weighted by atomic mass is 79.9. The summed E-state index contributed by atoms with van der Waals surface area (Å²) in [7, 11) is 1.33. The first-order chi connectivity index (χ1) is 8.52. The molecule has 0 radical (unpaired) electrons. The molecular weight excluding hydrogens is 321 g/mol.